The van der Waals surface area contributed by atoms with Crippen LogP contribution in [0, 0.1) is 0 Å². The van der Waals surface area contributed by atoms with Gasteiger partial charge in [-0.3, -0.25) is 5.10 Å². The molecule has 1 aromatic carbocycles. The number of benzene rings is 1. The van der Waals surface area contributed by atoms with Crippen molar-refractivity contribution in [1.82, 2.24) is 10.2 Å². The molecule has 1 spiro atoms. The summed E-state index contributed by atoms with van der Waals surface area (Å²) in [5, 5.41) is 6.93. The second kappa shape index (κ2) is 3.70. The van der Waals surface area contributed by atoms with Crippen LogP contribution in [0.3, 0.4) is 0 Å². The lowest BCUT2D eigenvalue weighted by atomic mass is 9.96. The predicted octanol–water partition coefficient (Wildman–Crippen LogP) is 2.36. The monoisotopic (exact) mass is 253 g/mol. The molecule has 96 valence electrons. The number of aliphatic imine (C=N–C) groups is 1. The molecule has 0 saturated carbocycles. The maximum Gasteiger partial charge on any atom is 0.180 e. The predicted molar refractivity (Wildman–Crippen MR) is 73.2 cm³/mol. The van der Waals surface area contributed by atoms with E-state index in [4.69, 9.17) is 9.73 Å². The van der Waals surface area contributed by atoms with Gasteiger partial charge in [0.05, 0.1) is 6.20 Å². The third-order valence-electron chi connectivity index (χ3n) is 4.05. The standard InChI is InChI=1S/C15H15N3O/c1-10-18-15(9-19-10)5-11-3-2-4-13(14(11)6-15)12-7-16-17-8-12/h2-4,7-8H,5-6,9H2,1H3,(H,16,17). The number of aromatic amines is 1. The Morgan fingerprint density at radius 2 is 2.26 bits per heavy atom. The Morgan fingerprint density at radius 3 is 3.00 bits per heavy atom. The van der Waals surface area contributed by atoms with E-state index in [1.807, 2.05) is 19.3 Å². The van der Waals surface area contributed by atoms with Crippen molar-refractivity contribution in [3.8, 4) is 11.1 Å². The smallest absolute Gasteiger partial charge is 0.180 e. The van der Waals surface area contributed by atoms with E-state index in [2.05, 4.69) is 28.4 Å². The van der Waals surface area contributed by atoms with Crippen molar-refractivity contribution < 1.29 is 4.74 Å². The average Bonchev–Trinajstić information content (AvgIpc) is 3.09. The Bertz CT molecular complexity index is 660. The maximum atomic E-state index is 5.58. The third kappa shape index (κ3) is 1.59. The van der Waals surface area contributed by atoms with Gasteiger partial charge in [-0.15, -0.1) is 0 Å². The molecule has 1 aliphatic carbocycles. The number of rotatable bonds is 1. The van der Waals surface area contributed by atoms with Gasteiger partial charge in [0.25, 0.3) is 0 Å². The van der Waals surface area contributed by atoms with E-state index in [0.717, 1.165) is 24.3 Å². The summed E-state index contributed by atoms with van der Waals surface area (Å²) in [5.74, 6) is 0.817. The largest absolute Gasteiger partial charge is 0.479 e. The Hall–Kier alpha value is -2.10. The van der Waals surface area contributed by atoms with Crippen LogP contribution in [-0.4, -0.2) is 28.2 Å². The molecule has 2 heterocycles. The minimum atomic E-state index is -0.0632. The molecule has 0 amide bonds. The molecule has 0 bridgehead atoms. The zero-order valence-corrected chi connectivity index (χ0v) is 10.8. The van der Waals surface area contributed by atoms with Gasteiger partial charge < -0.3 is 4.74 Å². The first-order valence-corrected chi connectivity index (χ1v) is 6.55. The summed E-state index contributed by atoms with van der Waals surface area (Å²) in [4.78, 5) is 4.73. The molecule has 0 radical (unpaired) electrons. The lowest BCUT2D eigenvalue weighted by molar-refractivity contribution is 0.259. The van der Waals surface area contributed by atoms with Crippen molar-refractivity contribution >= 4 is 5.90 Å². The van der Waals surface area contributed by atoms with E-state index in [1.54, 1.807) is 0 Å². The van der Waals surface area contributed by atoms with E-state index in [0.29, 0.717) is 6.61 Å². The van der Waals surface area contributed by atoms with Crippen molar-refractivity contribution in [3.05, 3.63) is 41.7 Å². The number of nitrogens with one attached hydrogen (secondary N) is 1. The molecule has 0 saturated heterocycles. The second-order valence-corrected chi connectivity index (χ2v) is 5.43. The molecule has 1 N–H and O–H groups in total. The molecule has 4 nitrogen and oxygen atoms in total. The zero-order valence-electron chi connectivity index (χ0n) is 10.8. The normalized spacial score (nSPS) is 24.4. The van der Waals surface area contributed by atoms with Crippen LogP contribution < -0.4 is 0 Å². The van der Waals surface area contributed by atoms with Gasteiger partial charge in [0, 0.05) is 31.5 Å². The lowest BCUT2D eigenvalue weighted by Crippen LogP contribution is -2.28. The van der Waals surface area contributed by atoms with Crippen LogP contribution in [0.1, 0.15) is 18.1 Å². The Balaban J connectivity index is 1.80. The lowest BCUT2D eigenvalue weighted by Gasteiger charge is -2.16. The Labute approximate surface area is 111 Å². The third-order valence-corrected chi connectivity index (χ3v) is 4.05. The van der Waals surface area contributed by atoms with E-state index in [9.17, 15) is 0 Å². The fraction of sp³-hybridized carbons (Fsp3) is 0.333. The molecule has 4 rings (SSSR count). The number of H-pyrrole nitrogens is 1. The second-order valence-electron chi connectivity index (χ2n) is 5.43. The van der Waals surface area contributed by atoms with Gasteiger partial charge in [-0.05, 0) is 16.7 Å². The fourth-order valence-electron chi connectivity index (χ4n) is 3.24. The summed E-state index contributed by atoms with van der Waals surface area (Å²) < 4.78 is 5.58. The summed E-state index contributed by atoms with van der Waals surface area (Å²) in [6.07, 6.45) is 5.76. The number of hydrogen-bond acceptors (Lipinski definition) is 3. The van der Waals surface area contributed by atoms with Gasteiger partial charge >= 0.3 is 0 Å². The molecule has 19 heavy (non-hydrogen) atoms. The minimum Gasteiger partial charge on any atom is -0.479 e. The SMILES string of the molecule is CC1=NC2(CO1)Cc1cccc(-c3cn[nH]c3)c1C2. The first-order chi connectivity index (χ1) is 9.26. The molecule has 1 atom stereocenters. The summed E-state index contributed by atoms with van der Waals surface area (Å²) in [7, 11) is 0. The van der Waals surface area contributed by atoms with Crippen LogP contribution in [0.15, 0.2) is 35.6 Å². The van der Waals surface area contributed by atoms with Crippen LogP contribution >= 0.6 is 0 Å². The van der Waals surface area contributed by atoms with Crippen LogP contribution in [0.2, 0.25) is 0 Å². The summed E-state index contributed by atoms with van der Waals surface area (Å²) >= 11 is 0. The molecule has 4 heteroatoms. The highest BCUT2D eigenvalue weighted by molar-refractivity contribution is 5.76. The fourth-order valence-corrected chi connectivity index (χ4v) is 3.24. The topological polar surface area (TPSA) is 50.3 Å². The van der Waals surface area contributed by atoms with Crippen molar-refractivity contribution in [1.29, 1.82) is 0 Å². The van der Waals surface area contributed by atoms with Crippen molar-refractivity contribution in [2.24, 2.45) is 4.99 Å². The zero-order chi connectivity index (χ0) is 12.9. The quantitative estimate of drug-likeness (QED) is 0.848. The van der Waals surface area contributed by atoms with Crippen LogP contribution in [0.25, 0.3) is 11.1 Å². The van der Waals surface area contributed by atoms with Crippen molar-refractivity contribution in [3.63, 3.8) is 0 Å². The first-order valence-electron chi connectivity index (χ1n) is 6.55. The van der Waals surface area contributed by atoms with E-state index >= 15 is 0 Å². The Kier molecular flexibility index (Phi) is 2.10. The van der Waals surface area contributed by atoms with Gasteiger partial charge in [-0.2, -0.15) is 5.10 Å². The summed E-state index contributed by atoms with van der Waals surface area (Å²) in [5.41, 5.74) is 5.13. The van der Waals surface area contributed by atoms with Crippen LogP contribution in [0.4, 0.5) is 0 Å². The van der Waals surface area contributed by atoms with Gasteiger partial charge in [0.1, 0.15) is 12.1 Å². The van der Waals surface area contributed by atoms with E-state index in [1.165, 1.54) is 16.7 Å². The molecule has 2 aromatic rings. The average molecular weight is 253 g/mol. The first kappa shape index (κ1) is 10.8. The number of fused-ring (bicyclic) bond motifs is 1. The highest BCUT2D eigenvalue weighted by Gasteiger charge is 2.42. The molecule has 1 aliphatic heterocycles. The highest BCUT2D eigenvalue weighted by atomic mass is 16.5. The molecule has 2 aliphatic rings. The molecule has 1 unspecified atom stereocenters. The Morgan fingerprint density at radius 1 is 1.32 bits per heavy atom. The van der Waals surface area contributed by atoms with Gasteiger partial charge in [-0.1, -0.05) is 18.2 Å². The summed E-state index contributed by atoms with van der Waals surface area (Å²) in [6.45, 7) is 2.65. The van der Waals surface area contributed by atoms with Gasteiger partial charge in [-0.25, -0.2) is 4.99 Å². The van der Waals surface area contributed by atoms with Crippen LogP contribution in [0.5, 0.6) is 0 Å². The van der Waals surface area contributed by atoms with E-state index < -0.39 is 0 Å². The van der Waals surface area contributed by atoms with Gasteiger partial charge in [0.15, 0.2) is 5.90 Å². The molecule has 1 aromatic heterocycles. The van der Waals surface area contributed by atoms with Gasteiger partial charge in [0.2, 0.25) is 0 Å². The maximum absolute atomic E-state index is 5.58. The minimum absolute atomic E-state index is 0.0632. The van der Waals surface area contributed by atoms with Crippen molar-refractivity contribution in [2.75, 3.05) is 6.61 Å². The number of ether oxygens (including phenoxy) is 1. The molecular weight excluding hydrogens is 238 g/mol. The number of aromatic nitrogens is 2. The van der Waals surface area contributed by atoms with E-state index in [-0.39, 0.29) is 5.54 Å². The highest BCUT2D eigenvalue weighted by Crippen LogP contribution is 2.40. The molecular formula is C15H15N3O. The number of nitrogens with zero attached hydrogens (tertiary/aromatic N) is 2. The van der Waals surface area contributed by atoms with Crippen molar-refractivity contribution in [2.45, 2.75) is 25.3 Å². The molecule has 0 fully saturated rings. The van der Waals surface area contributed by atoms with Crippen LogP contribution in [-0.2, 0) is 17.6 Å². The summed E-state index contributed by atoms with van der Waals surface area (Å²) in [6, 6.07) is 6.48. The number of hydrogen-bond donors (Lipinski definition) is 1.